The van der Waals surface area contributed by atoms with Crippen molar-refractivity contribution in [3.63, 3.8) is 0 Å². The summed E-state index contributed by atoms with van der Waals surface area (Å²) in [6.07, 6.45) is 0. The summed E-state index contributed by atoms with van der Waals surface area (Å²) < 4.78 is 1.20. The van der Waals surface area contributed by atoms with Crippen molar-refractivity contribution in [1.82, 2.24) is 15.1 Å². The van der Waals surface area contributed by atoms with E-state index in [1.807, 2.05) is 48.5 Å². The molecule has 3 aromatic rings. The molecule has 0 aliphatic rings. The highest BCUT2D eigenvalue weighted by Gasteiger charge is 2.18. The van der Waals surface area contributed by atoms with Gasteiger partial charge in [-0.05, 0) is 24.6 Å². The molecule has 0 aliphatic carbocycles. The van der Waals surface area contributed by atoms with Crippen LogP contribution in [0.4, 0.5) is 0 Å². The first-order chi connectivity index (χ1) is 12.6. The third kappa shape index (κ3) is 4.00. The number of carbonyl (C=O) groups is 1. The van der Waals surface area contributed by atoms with E-state index in [9.17, 15) is 9.59 Å². The van der Waals surface area contributed by atoms with Crippen molar-refractivity contribution < 1.29 is 4.79 Å². The summed E-state index contributed by atoms with van der Waals surface area (Å²) in [7, 11) is 0. The van der Waals surface area contributed by atoms with E-state index in [4.69, 9.17) is 11.6 Å². The van der Waals surface area contributed by atoms with Gasteiger partial charge in [0.05, 0.1) is 5.69 Å². The van der Waals surface area contributed by atoms with Crippen LogP contribution in [0.3, 0.4) is 0 Å². The van der Waals surface area contributed by atoms with Crippen LogP contribution < -0.4 is 10.9 Å². The number of nitrogens with one attached hydrogen (secondary N) is 1. The molecule has 0 radical (unpaired) electrons. The maximum Gasteiger partial charge on any atom is 0.267 e. The van der Waals surface area contributed by atoms with E-state index in [1.54, 1.807) is 19.1 Å². The van der Waals surface area contributed by atoms with Crippen LogP contribution in [0, 0.1) is 0 Å². The van der Waals surface area contributed by atoms with E-state index in [0.717, 1.165) is 11.1 Å². The molecule has 1 N–H and O–H groups in total. The van der Waals surface area contributed by atoms with E-state index in [1.165, 1.54) is 10.7 Å². The van der Waals surface area contributed by atoms with Gasteiger partial charge < -0.3 is 5.32 Å². The zero-order valence-corrected chi connectivity index (χ0v) is 15.0. The number of hydrogen-bond donors (Lipinski definition) is 1. The molecule has 1 heterocycles. The van der Waals surface area contributed by atoms with Crippen LogP contribution in [0.5, 0.6) is 0 Å². The zero-order valence-electron chi connectivity index (χ0n) is 14.2. The van der Waals surface area contributed by atoms with Gasteiger partial charge in [-0.2, -0.15) is 5.10 Å². The minimum Gasteiger partial charge on any atom is -0.350 e. The third-order valence-corrected chi connectivity index (χ3v) is 4.42. The Kier molecular flexibility index (Phi) is 5.49. The SMILES string of the molecule is CC(C(=O)NCc1ccccc1Cl)n1nc(-c2ccccc2)ccc1=O. The van der Waals surface area contributed by atoms with Gasteiger partial charge in [0.1, 0.15) is 6.04 Å². The van der Waals surface area contributed by atoms with Gasteiger partial charge in [0.2, 0.25) is 5.91 Å². The lowest BCUT2D eigenvalue weighted by Crippen LogP contribution is -2.36. The van der Waals surface area contributed by atoms with Crippen molar-refractivity contribution in [2.24, 2.45) is 0 Å². The Hall–Kier alpha value is -2.92. The molecule has 0 spiro atoms. The first kappa shape index (κ1) is 17.9. The molecule has 0 aliphatic heterocycles. The topological polar surface area (TPSA) is 64.0 Å². The summed E-state index contributed by atoms with van der Waals surface area (Å²) in [5.41, 5.74) is 2.00. The molecule has 1 amide bonds. The van der Waals surface area contributed by atoms with Crippen molar-refractivity contribution in [2.45, 2.75) is 19.5 Å². The average molecular weight is 368 g/mol. The Morgan fingerprint density at radius 3 is 2.50 bits per heavy atom. The lowest BCUT2D eigenvalue weighted by Gasteiger charge is -2.15. The zero-order chi connectivity index (χ0) is 18.5. The highest BCUT2D eigenvalue weighted by molar-refractivity contribution is 6.31. The standard InChI is InChI=1S/C20H18ClN3O2/c1-14(20(26)22-13-16-9-5-6-10-17(16)21)24-19(25)12-11-18(23-24)15-7-3-2-4-8-15/h2-12,14H,13H2,1H3,(H,22,26). The molecule has 3 rings (SSSR count). The summed E-state index contributed by atoms with van der Waals surface area (Å²) in [5.74, 6) is -0.301. The van der Waals surface area contributed by atoms with Gasteiger partial charge in [-0.3, -0.25) is 9.59 Å². The second kappa shape index (κ2) is 7.97. The quantitative estimate of drug-likeness (QED) is 0.751. The van der Waals surface area contributed by atoms with Crippen LogP contribution in [-0.4, -0.2) is 15.7 Å². The molecule has 26 heavy (non-hydrogen) atoms. The number of carbonyl (C=O) groups excluding carboxylic acids is 1. The van der Waals surface area contributed by atoms with Gasteiger partial charge in [0.15, 0.2) is 0 Å². The van der Waals surface area contributed by atoms with Gasteiger partial charge in [-0.1, -0.05) is 60.1 Å². The van der Waals surface area contributed by atoms with Crippen molar-refractivity contribution in [2.75, 3.05) is 0 Å². The fourth-order valence-electron chi connectivity index (χ4n) is 2.55. The van der Waals surface area contributed by atoms with Gasteiger partial charge in [0.25, 0.3) is 5.56 Å². The number of amides is 1. The van der Waals surface area contributed by atoms with E-state index in [2.05, 4.69) is 10.4 Å². The number of halogens is 1. The molecule has 1 atom stereocenters. The molecule has 1 unspecified atom stereocenters. The average Bonchev–Trinajstić information content (AvgIpc) is 2.67. The largest absolute Gasteiger partial charge is 0.350 e. The number of nitrogens with zero attached hydrogens (tertiary/aromatic N) is 2. The minimum atomic E-state index is -0.742. The predicted molar refractivity (Wildman–Crippen MR) is 102 cm³/mol. The Labute approximate surface area is 156 Å². The number of benzene rings is 2. The number of aromatic nitrogens is 2. The second-order valence-corrected chi connectivity index (χ2v) is 6.26. The van der Waals surface area contributed by atoms with E-state index in [-0.39, 0.29) is 18.0 Å². The molecule has 0 saturated heterocycles. The predicted octanol–water partition coefficient (Wildman–Crippen LogP) is 3.44. The molecular weight excluding hydrogens is 350 g/mol. The maximum absolute atomic E-state index is 12.5. The van der Waals surface area contributed by atoms with E-state index < -0.39 is 6.04 Å². The molecule has 132 valence electrons. The van der Waals surface area contributed by atoms with Crippen LogP contribution in [0.15, 0.2) is 71.5 Å². The van der Waals surface area contributed by atoms with Gasteiger partial charge >= 0.3 is 0 Å². The normalized spacial score (nSPS) is 11.8. The maximum atomic E-state index is 12.5. The van der Waals surface area contributed by atoms with Crippen molar-refractivity contribution >= 4 is 17.5 Å². The van der Waals surface area contributed by atoms with Crippen molar-refractivity contribution in [3.8, 4) is 11.3 Å². The molecule has 0 fully saturated rings. The molecule has 2 aromatic carbocycles. The van der Waals surface area contributed by atoms with Gasteiger partial charge in [-0.25, -0.2) is 4.68 Å². The minimum absolute atomic E-state index is 0.288. The fraction of sp³-hybridized carbons (Fsp3) is 0.150. The first-order valence-corrected chi connectivity index (χ1v) is 8.60. The third-order valence-electron chi connectivity index (χ3n) is 4.05. The Morgan fingerprint density at radius 1 is 1.08 bits per heavy atom. The molecule has 0 bridgehead atoms. The Bertz CT molecular complexity index is 970. The molecule has 0 saturated carbocycles. The lowest BCUT2D eigenvalue weighted by atomic mass is 10.1. The van der Waals surface area contributed by atoms with Gasteiger partial charge in [-0.15, -0.1) is 0 Å². The summed E-state index contributed by atoms with van der Waals surface area (Å²) >= 11 is 6.10. The summed E-state index contributed by atoms with van der Waals surface area (Å²) in [6.45, 7) is 1.93. The molecule has 5 nitrogen and oxygen atoms in total. The smallest absolute Gasteiger partial charge is 0.267 e. The van der Waals surface area contributed by atoms with E-state index >= 15 is 0 Å². The molecule has 6 heteroatoms. The highest BCUT2D eigenvalue weighted by atomic mass is 35.5. The number of rotatable bonds is 5. The molecular formula is C20H18ClN3O2. The summed E-state index contributed by atoms with van der Waals surface area (Å²) in [6, 6.07) is 19.1. The second-order valence-electron chi connectivity index (χ2n) is 5.85. The van der Waals surface area contributed by atoms with Crippen molar-refractivity contribution in [1.29, 1.82) is 0 Å². The summed E-state index contributed by atoms with van der Waals surface area (Å²) in [5, 5.41) is 7.74. The lowest BCUT2D eigenvalue weighted by molar-refractivity contribution is -0.124. The monoisotopic (exact) mass is 367 g/mol. The molecule has 1 aromatic heterocycles. The van der Waals surface area contributed by atoms with E-state index in [0.29, 0.717) is 10.7 Å². The van der Waals surface area contributed by atoms with Crippen LogP contribution >= 0.6 is 11.6 Å². The van der Waals surface area contributed by atoms with Crippen LogP contribution in [0.2, 0.25) is 5.02 Å². The van der Waals surface area contributed by atoms with Crippen LogP contribution in [0.25, 0.3) is 11.3 Å². The van der Waals surface area contributed by atoms with Crippen LogP contribution in [0.1, 0.15) is 18.5 Å². The first-order valence-electron chi connectivity index (χ1n) is 8.22. The fourth-order valence-corrected chi connectivity index (χ4v) is 2.75. The summed E-state index contributed by atoms with van der Waals surface area (Å²) in [4.78, 5) is 24.7. The highest BCUT2D eigenvalue weighted by Crippen LogP contribution is 2.16. The Balaban J connectivity index is 1.78. The Morgan fingerprint density at radius 2 is 1.77 bits per heavy atom. The van der Waals surface area contributed by atoms with Gasteiger partial charge in [0, 0.05) is 23.2 Å². The number of hydrogen-bond acceptors (Lipinski definition) is 3. The van der Waals surface area contributed by atoms with Crippen LogP contribution in [-0.2, 0) is 11.3 Å². The van der Waals surface area contributed by atoms with Crippen molar-refractivity contribution in [3.05, 3.63) is 87.7 Å².